The summed E-state index contributed by atoms with van der Waals surface area (Å²) in [5, 5.41) is 6.56. The average molecular weight is 273 g/mol. The Morgan fingerprint density at radius 1 is 1.37 bits per heavy atom. The first-order valence-corrected chi connectivity index (χ1v) is 6.59. The maximum atomic E-state index is 5.51. The van der Waals surface area contributed by atoms with Crippen molar-refractivity contribution in [2.24, 2.45) is 5.73 Å². The van der Waals surface area contributed by atoms with Gasteiger partial charge in [-0.25, -0.2) is 4.98 Å². The van der Waals surface area contributed by atoms with Crippen LogP contribution in [0.2, 0.25) is 0 Å². The Kier molecular flexibility index (Phi) is 3.08. The van der Waals surface area contributed by atoms with Crippen LogP contribution in [0.3, 0.4) is 0 Å². The molecule has 5 N–H and O–H groups in total. The summed E-state index contributed by atoms with van der Waals surface area (Å²) < 4.78 is 0. The van der Waals surface area contributed by atoms with Crippen molar-refractivity contribution < 1.29 is 0 Å². The molecular weight excluding hydrogens is 258 g/mol. The molecule has 3 rings (SSSR count). The molecule has 0 spiro atoms. The highest BCUT2D eigenvalue weighted by Gasteiger charge is 2.18. The minimum atomic E-state index is 0.284. The van der Waals surface area contributed by atoms with Crippen molar-refractivity contribution in [1.82, 2.24) is 20.6 Å². The number of fused-ring (bicyclic) bond motifs is 1. The highest BCUT2D eigenvalue weighted by atomic mass is 32.1. The van der Waals surface area contributed by atoms with Crippen molar-refractivity contribution in [2.75, 3.05) is 0 Å². The van der Waals surface area contributed by atoms with Gasteiger partial charge in [0.25, 0.3) is 0 Å². The van der Waals surface area contributed by atoms with E-state index in [2.05, 4.69) is 20.6 Å². The molecule has 1 aliphatic carbocycles. The number of nitrogens with zero attached hydrogens (tertiary/aromatic N) is 1. The maximum Gasteiger partial charge on any atom is 0.169 e. The van der Waals surface area contributed by atoms with Gasteiger partial charge in [0.05, 0.1) is 17.6 Å². The molecule has 19 heavy (non-hydrogen) atoms. The summed E-state index contributed by atoms with van der Waals surface area (Å²) in [6.07, 6.45) is 2.19. The quantitative estimate of drug-likeness (QED) is 0.635. The fourth-order valence-electron chi connectivity index (χ4n) is 1.95. The number of benzene rings is 1. The van der Waals surface area contributed by atoms with E-state index in [0.29, 0.717) is 6.54 Å². The zero-order chi connectivity index (χ0) is 13.2. The highest BCUT2D eigenvalue weighted by Crippen LogP contribution is 2.29. The molecule has 1 heterocycles. The topological polar surface area (TPSA) is 78.8 Å². The molecule has 1 aliphatic rings. The molecular formula is C13H15N5S. The first-order valence-electron chi connectivity index (χ1n) is 6.18. The van der Waals surface area contributed by atoms with Crippen LogP contribution in [0.5, 0.6) is 0 Å². The van der Waals surface area contributed by atoms with Crippen molar-refractivity contribution in [1.29, 1.82) is 0 Å². The second kappa shape index (κ2) is 4.89. The molecule has 1 aromatic heterocycles. The third-order valence-electron chi connectivity index (χ3n) is 2.97. The van der Waals surface area contributed by atoms with Crippen LogP contribution >= 0.6 is 12.2 Å². The van der Waals surface area contributed by atoms with E-state index in [0.717, 1.165) is 35.5 Å². The summed E-state index contributed by atoms with van der Waals surface area (Å²) in [4.78, 5) is 7.79. The van der Waals surface area contributed by atoms with Crippen LogP contribution in [0, 0.1) is 0 Å². The highest BCUT2D eigenvalue weighted by molar-refractivity contribution is 7.80. The number of rotatable bonds is 4. The van der Waals surface area contributed by atoms with Crippen molar-refractivity contribution in [3.63, 3.8) is 0 Å². The number of aromatic amines is 1. The van der Waals surface area contributed by atoms with E-state index in [1.807, 2.05) is 24.3 Å². The minimum Gasteiger partial charge on any atom is -0.376 e. The molecule has 98 valence electrons. The van der Waals surface area contributed by atoms with Crippen LogP contribution in [0.25, 0.3) is 11.0 Å². The molecule has 1 aromatic carbocycles. The van der Waals surface area contributed by atoms with Crippen molar-refractivity contribution in [3.05, 3.63) is 41.5 Å². The minimum absolute atomic E-state index is 0.284. The number of allylic oxidation sites excluding steroid dienone is 1. The molecule has 0 bridgehead atoms. The second-order valence-electron chi connectivity index (χ2n) is 4.52. The average Bonchev–Trinajstić information content (AvgIpc) is 3.13. The fraction of sp³-hybridized carbons (Fsp3) is 0.231. The second-order valence-corrected chi connectivity index (χ2v) is 4.96. The predicted molar refractivity (Wildman–Crippen MR) is 79.1 cm³/mol. The summed E-state index contributed by atoms with van der Waals surface area (Å²) >= 11 is 4.87. The zero-order valence-electron chi connectivity index (χ0n) is 10.4. The van der Waals surface area contributed by atoms with Gasteiger partial charge in [-0.1, -0.05) is 12.1 Å². The van der Waals surface area contributed by atoms with Gasteiger partial charge < -0.3 is 21.4 Å². The van der Waals surface area contributed by atoms with Crippen molar-refractivity contribution >= 4 is 28.4 Å². The Morgan fingerprint density at radius 2 is 2.16 bits per heavy atom. The Bertz CT molecular complexity index is 619. The number of nitrogens with two attached hydrogens (primary N) is 1. The van der Waals surface area contributed by atoms with Crippen LogP contribution in [0.15, 0.2) is 35.7 Å². The number of nitrogens with one attached hydrogen (secondary N) is 3. The molecule has 0 atom stereocenters. The molecule has 0 radical (unpaired) electrons. The van der Waals surface area contributed by atoms with Gasteiger partial charge in [-0.2, -0.15) is 0 Å². The number of aromatic nitrogens is 2. The molecule has 0 aliphatic heterocycles. The van der Waals surface area contributed by atoms with Gasteiger partial charge in [-0.15, -0.1) is 0 Å². The lowest BCUT2D eigenvalue weighted by Crippen LogP contribution is -2.35. The maximum absolute atomic E-state index is 5.51. The smallest absolute Gasteiger partial charge is 0.169 e. The number of imidazole rings is 1. The normalized spacial score (nSPS) is 13.4. The van der Waals surface area contributed by atoms with E-state index in [1.54, 1.807) is 0 Å². The third kappa shape index (κ3) is 2.85. The van der Waals surface area contributed by atoms with Crippen LogP contribution in [-0.2, 0) is 6.54 Å². The summed E-state index contributed by atoms with van der Waals surface area (Å²) in [5.74, 6) is 1.82. The van der Waals surface area contributed by atoms with E-state index in [4.69, 9.17) is 18.0 Å². The summed E-state index contributed by atoms with van der Waals surface area (Å²) in [6.45, 7) is 0.614. The zero-order valence-corrected chi connectivity index (χ0v) is 11.2. The number of H-pyrrole nitrogens is 1. The third-order valence-corrected chi connectivity index (χ3v) is 3.07. The lowest BCUT2D eigenvalue weighted by atomic mass is 10.3. The number of para-hydroxylation sites is 2. The van der Waals surface area contributed by atoms with E-state index in [1.165, 1.54) is 5.57 Å². The first kappa shape index (κ1) is 12.0. The lowest BCUT2D eigenvalue weighted by Gasteiger charge is -2.10. The fourth-order valence-corrected chi connectivity index (χ4v) is 2.06. The van der Waals surface area contributed by atoms with Crippen LogP contribution in [-0.4, -0.2) is 15.1 Å². The van der Waals surface area contributed by atoms with Gasteiger partial charge in [0.2, 0.25) is 0 Å². The van der Waals surface area contributed by atoms with E-state index in [9.17, 15) is 0 Å². The molecule has 1 saturated carbocycles. The summed E-state index contributed by atoms with van der Waals surface area (Å²) in [6, 6.07) is 7.97. The molecule has 5 nitrogen and oxygen atoms in total. The monoisotopic (exact) mass is 273 g/mol. The van der Waals surface area contributed by atoms with Crippen LogP contribution < -0.4 is 16.4 Å². The predicted octanol–water partition coefficient (Wildman–Crippen LogP) is 1.49. The first-order chi connectivity index (χ1) is 9.22. The van der Waals surface area contributed by atoms with Crippen LogP contribution in [0.4, 0.5) is 0 Å². The molecule has 2 aromatic rings. The number of thiocarbonyl (C=S) groups is 1. The Balaban J connectivity index is 1.71. The number of hydrogen-bond acceptors (Lipinski definition) is 3. The van der Waals surface area contributed by atoms with Crippen LogP contribution in [0.1, 0.15) is 18.7 Å². The lowest BCUT2D eigenvalue weighted by molar-refractivity contribution is 0.734. The standard InChI is InChI=1S/C13H15N5S/c14-13(19)18-12(8-5-6-8)15-7-11-16-9-3-1-2-4-10(9)17-11/h1-4,15H,5-7H2,(H,16,17)(H3,14,18,19). The van der Waals surface area contributed by atoms with Gasteiger partial charge in [-0.05, 0) is 42.8 Å². The largest absolute Gasteiger partial charge is 0.376 e. The Morgan fingerprint density at radius 3 is 2.84 bits per heavy atom. The summed E-state index contributed by atoms with van der Waals surface area (Å²) in [7, 11) is 0. The van der Waals surface area contributed by atoms with Crippen molar-refractivity contribution in [3.8, 4) is 0 Å². The number of hydrogen-bond donors (Lipinski definition) is 4. The molecule has 0 saturated heterocycles. The van der Waals surface area contributed by atoms with Crippen molar-refractivity contribution in [2.45, 2.75) is 19.4 Å². The molecule has 0 unspecified atom stereocenters. The van der Waals surface area contributed by atoms with Gasteiger partial charge in [0, 0.05) is 0 Å². The molecule has 1 fully saturated rings. The molecule has 6 heteroatoms. The van der Waals surface area contributed by atoms with E-state index >= 15 is 0 Å². The summed E-state index contributed by atoms with van der Waals surface area (Å²) in [5.41, 5.74) is 8.85. The molecule has 0 amide bonds. The SMILES string of the molecule is NC(=S)NC(NCc1nc2ccccc2[nH]1)=C1CC1. The van der Waals surface area contributed by atoms with Gasteiger partial charge in [0.1, 0.15) is 11.6 Å². The van der Waals surface area contributed by atoms with E-state index < -0.39 is 0 Å². The Labute approximate surface area is 116 Å². The van der Waals surface area contributed by atoms with Gasteiger partial charge >= 0.3 is 0 Å². The Hall–Kier alpha value is -2.08. The van der Waals surface area contributed by atoms with E-state index in [-0.39, 0.29) is 5.11 Å². The van der Waals surface area contributed by atoms with Gasteiger partial charge in [0.15, 0.2) is 5.11 Å². The van der Waals surface area contributed by atoms with Gasteiger partial charge in [-0.3, -0.25) is 0 Å².